The third-order valence-electron chi connectivity index (χ3n) is 2.98. The molecule has 0 unspecified atom stereocenters. The van der Waals surface area contributed by atoms with E-state index in [9.17, 15) is 14.4 Å². The van der Waals surface area contributed by atoms with Crippen molar-refractivity contribution in [2.24, 2.45) is 0 Å². The Bertz CT molecular complexity index is 810. The molecule has 0 aliphatic heterocycles. The summed E-state index contributed by atoms with van der Waals surface area (Å²) >= 11 is 7.97. The van der Waals surface area contributed by atoms with Crippen LogP contribution in [0.2, 0.25) is 0 Å². The maximum absolute atomic E-state index is 11.8. The zero-order valence-electron chi connectivity index (χ0n) is 13.4. The second-order valence-corrected chi connectivity index (χ2v) is 6.16. The number of carbonyl (C=O) groups excluding carboxylic acids is 3. The van der Waals surface area contributed by atoms with Gasteiger partial charge in [0.25, 0.3) is 5.91 Å². The predicted octanol–water partition coefficient (Wildman–Crippen LogP) is 2.10. The number of rotatable bonds is 5. The maximum atomic E-state index is 11.8. The molecule has 26 heavy (non-hydrogen) atoms. The van der Waals surface area contributed by atoms with Gasteiger partial charge >= 0.3 is 0 Å². The number of thiocarbonyl (C=S) groups is 1. The third kappa shape index (κ3) is 6.65. The molecule has 136 valence electrons. The van der Waals surface area contributed by atoms with Crippen molar-refractivity contribution in [3.8, 4) is 0 Å². The second-order valence-electron chi connectivity index (χ2n) is 4.97. The lowest BCUT2D eigenvalue weighted by atomic mass is 10.2. The van der Waals surface area contributed by atoms with Crippen molar-refractivity contribution in [1.29, 1.82) is 0 Å². The van der Waals surface area contributed by atoms with Crippen LogP contribution < -0.4 is 21.5 Å². The van der Waals surface area contributed by atoms with Crippen LogP contribution >= 0.6 is 28.1 Å². The number of anilines is 1. The van der Waals surface area contributed by atoms with Crippen molar-refractivity contribution in [3.05, 3.63) is 52.9 Å². The van der Waals surface area contributed by atoms with Crippen molar-refractivity contribution < 1.29 is 18.8 Å². The molecule has 0 aliphatic rings. The van der Waals surface area contributed by atoms with E-state index in [4.69, 9.17) is 16.6 Å². The molecule has 10 heteroatoms. The normalized spacial score (nSPS) is 9.88. The van der Waals surface area contributed by atoms with Gasteiger partial charge in [-0.15, -0.1) is 0 Å². The predicted molar refractivity (Wildman–Crippen MR) is 102 cm³/mol. The van der Waals surface area contributed by atoms with Gasteiger partial charge in [-0.25, -0.2) is 0 Å². The monoisotopic (exact) mass is 438 g/mol. The van der Waals surface area contributed by atoms with Crippen molar-refractivity contribution in [1.82, 2.24) is 16.2 Å². The highest BCUT2D eigenvalue weighted by atomic mass is 79.9. The molecule has 1 aromatic carbocycles. The fraction of sp³-hybridized carbons (Fsp3) is 0.125. The molecule has 0 bridgehead atoms. The zero-order valence-corrected chi connectivity index (χ0v) is 15.8. The van der Waals surface area contributed by atoms with Crippen molar-refractivity contribution in [2.75, 3.05) is 5.32 Å². The Morgan fingerprint density at radius 1 is 0.962 bits per heavy atom. The Hall–Kier alpha value is -2.72. The molecule has 0 saturated heterocycles. The SMILES string of the molecule is O=C(CCC(=O)Nc1ccccc1)NNC(=S)NC(=O)c1ccc(Br)o1. The number of para-hydroxylation sites is 1. The highest BCUT2D eigenvalue weighted by Crippen LogP contribution is 2.13. The molecule has 8 nitrogen and oxygen atoms in total. The van der Waals surface area contributed by atoms with Crippen LogP contribution in [0, 0.1) is 0 Å². The number of halogens is 1. The van der Waals surface area contributed by atoms with Crippen LogP contribution in [0.15, 0.2) is 51.6 Å². The van der Waals surface area contributed by atoms with Gasteiger partial charge in [-0.3, -0.25) is 30.6 Å². The summed E-state index contributed by atoms with van der Waals surface area (Å²) in [6.07, 6.45) is -0.0463. The molecule has 0 fully saturated rings. The summed E-state index contributed by atoms with van der Waals surface area (Å²) in [5.41, 5.74) is 5.33. The molecule has 1 heterocycles. The van der Waals surface area contributed by atoms with Gasteiger partial charge in [0.1, 0.15) is 0 Å². The molecule has 0 saturated carbocycles. The smallest absolute Gasteiger partial charge is 0.293 e. The number of hydrogen-bond donors (Lipinski definition) is 4. The number of furan rings is 1. The van der Waals surface area contributed by atoms with Gasteiger partial charge in [0.2, 0.25) is 11.8 Å². The van der Waals surface area contributed by atoms with E-state index in [1.165, 1.54) is 6.07 Å². The van der Waals surface area contributed by atoms with Gasteiger partial charge in [0.05, 0.1) is 0 Å². The molecular weight excluding hydrogens is 424 g/mol. The quantitative estimate of drug-likeness (QED) is 0.420. The third-order valence-corrected chi connectivity index (χ3v) is 3.61. The summed E-state index contributed by atoms with van der Waals surface area (Å²) in [5.74, 6) is -1.24. The lowest BCUT2D eigenvalue weighted by molar-refractivity contribution is -0.124. The van der Waals surface area contributed by atoms with E-state index in [0.717, 1.165) is 0 Å². The molecule has 2 rings (SSSR count). The van der Waals surface area contributed by atoms with Crippen LogP contribution in [0.4, 0.5) is 5.69 Å². The number of benzene rings is 1. The summed E-state index contributed by atoms with van der Waals surface area (Å²) in [6, 6.07) is 11.9. The minimum absolute atomic E-state index is 0.00194. The molecule has 4 N–H and O–H groups in total. The highest BCUT2D eigenvalue weighted by Gasteiger charge is 2.13. The first-order chi connectivity index (χ1) is 12.4. The Morgan fingerprint density at radius 3 is 2.31 bits per heavy atom. The largest absolute Gasteiger partial charge is 0.444 e. The van der Waals surface area contributed by atoms with Crippen LogP contribution in [-0.4, -0.2) is 22.8 Å². The molecule has 0 radical (unpaired) electrons. The Kier molecular flexibility index (Phi) is 7.30. The van der Waals surface area contributed by atoms with Crippen LogP contribution in [-0.2, 0) is 9.59 Å². The van der Waals surface area contributed by atoms with E-state index in [0.29, 0.717) is 10.4 Å². The fourth-order valence-corrected chi connectivity index (χ4v) is 2.24. The maximum Gasteiger partial charge on any atom is 0.293 e. The Morgan fingerprint density at radius 2 is 1.65 bits per heavy atom. The van der Waals surface area contributed by atoms with Gasteiger partial charge in [-0.1, -0.05) is 18.2 Å². The number of hydrazine groups is 1. The highest BCUT2D eigenvalue weighted by molar-refractivity contribution is 9.10. The van der Waals surface area contributed by atoms with Crippen molar-refractivity contribution >= 4 is 56.7 Å². The molecule has 1 aromatic heterocycles. The van der Waals surface area contributed by atoms with Crippen LogP contribution in [0.1, 0.15) is 23.4 Å². The Balaban J connectivity index is 1.65. The first-order valence-corrected chi connectivity index (χ1v) is 8.64. The number of hydrogen-bond acceptors (Lipinski definition) is 5. The molecule has 2 aromatic rings. The van der Waals surface area contributed by atoms with Gasteiger partial charge in [-0.2, -0.15) is 0 Å². The van der Waals surface area contributed by atoms with Crippen LogP contribution in [0.3, 0.4) is 0 Å². The molecule has 0 spiro atoms. The van der Waals surface area contributed by atoms with Crippen LogP contribution in [0.25, 0.3) is 0 Å². The van der Waals surface area contributed by atoms with Crippen molar-refractivity contribution in [3.63, 3.8) is 0 Å². The molecule has 0 atom stereocenters. The standard InChI is InChI=1S/C16H15BrN4O4S/c17-12-7-6-11(25-12)15(24)19-16(26)21-20-14(23)9-8-13(22)18-10-4-2-1-3-5-10/h1-7H,8-9H2,(H,18,22)(H,20,23)(H2,19,21,24,26). The summed E-state index contributed by atoms with van der Waals surface area (Å²) in [7, 11) is 0. The minimum atomic E-state index is -0.565. The second kappa shape index (κ2) is 9.68. The average Bonchev–Trinajstić information content (AvgIpc) is 3.05. The van der Waals surface area contributed by atoms with Gasteiger partial charge in [0, 0.05) is 18.5 Å². The van der Waals surface area contributed by atoms with E-state index >= 15 is 0 Å². The van der Waals surface area contributed by atoms with E-state index in [2.05, 4.69) is 37.4 Å². The van der Waals surface area contributed by atoms with Gasteiger partial charge < -0.3 is 9.73 Å². The zero-order chi connectivity index (χ0) is 18.9. The summed E-state index contributed by atoms with van der Waals surface area (Å²) < 4.78 is 5.48. The minimum Gasteiger partial charge on any atom is -0.444 e. The van der Waals surface area contributed by atoms with E-state index in [1.807, 2.05) is 6.07 Å². The van der Waals surface area contributed by atoms with Crippen molar-refractivity contribution in [2.45, 2.75) is 12.8 Å². The first-order valence-electron chi connectivity index (χ1n) is 7.44. The molecule has 3 amide bonds. The lowest BCUT2D eigenvalue weighted by Gasteiger charge is -2.10. The van der Waals surface area contributed by atoms with E-state index in [1.54, 1.807) is 30.3 Å². The summed E-state index contributed by atoms with van der Waals surface area (Å²) in [5, 5.41) is 4.90. The number of amides is 3. The molecular formula is C16H15BrN4O4S. The fourth-order valence-electron chi connectivity index (χ4n) is 1.79. The van der Waals surface area contributed by atoms with E-state index in [-0.39, 0.29) is 29.6 Å². The Labute approximate surface area is 162 Å². The van der Waals surface area contributed by atoms with Gasteiger partial charge in [-0.05, 0) is 52.4 Å². The molecule has 0 aliphatic carbocycles. The van der Waals surface area contributed by atoms with E-state index < -0.39 is 11.8 Å². The average molecular weight is 439 g/mol. The van der Waals surface area contributed by atoms with Gasteiger partial charge in [0.15, 0.2) is 15.5 Å². The number of carbonyl (C=O) groups is 3. The van der Waals surface area contributed by atoms with Crippen LogP contribution in [0.5, 0.6) is 0 Å². The summed E-state index contributed by atoms with van der Waals surface area (Å²) in [6.45, 7) is 0. The lowest BCUT2D eigenvalue weighted by Crippen LogP contribution is -2.48. The topological polar surface area (TPSA) is 112 Å². The first kappa shape index (κ1) is 19.6. The summed E-state index contributed by atoms with van der Waals surface area (Å²) in [4.78, 5) is 35.2. The number of nitrogens with one attached hydrogen (secondary N) is 4.